The van der Waals surface area contributed by atoms with Gasteiger partial charge in [-0.05, 0) is 18.2 Å². The third-order valence-corrected chi connectivity index (χ3v) is 3.51. The van der Waals surface area contributed by atoms with Crippen LogP contribution in [0.4, 0.5) is 18.9 Å². The third-order valence-electron chi connectivity index (χ3n) is 3.51. The minimum absolute atomic E-state index is 0.00649. The summed E-state index contributed by atoms with van der Waals surface area (Å²) in [5.74, 6) is -0.607. The number of carbonyl (C=O) groups is 2. The van der Waals surface area contributed by atoms with Crippen LogP contribution in [0.5, 0.6) is 0 Å². The number of hydrogen-bond acceptors (Lipinski definition) is 4. The van der Waals surface area contributed by atoms with Crippen molar-refractivity contribution in [3.63, 3.8) is 0 Å². The van der Waals surface area contributed by atoms with Crippen LogP contribution in [0.3, 0.4) is 0 Å². The van der Waals surface area contributed by atoms with Crippen LogP contribution in [0.2, 0.25) is 0 Å². The second-order valence-corrected chi connectivity index (χ2v) is 5.40. The summed E-state index contributed by atoms with van der Waals surface area (Å²) in [6.07, 6.45) is -1.85. The molecule has 2 rings (SSSR count). The summed E-state index contributed by atoms with van der Waals surface area (Å²) >= 11 is 0. The predicted octanol–water partition coefficient (Wildman–Crippen LogP) is 1.78. The maximum atomic E-state index is 12.6. The number of nitrogens with one attached hydrogen (secondary N) is 3. The first-order valence-corrected chi connectivity index (χ1v) is 7.63. The van der Waals surface area contributed by atoms with Crippen LogP contribution in [-0.4, -0.2) is 41.6 Å². The average molecular weight is 369 g/mol. The van der Waals surface area contributed by atoms with Gasteiger partial charge in [0.05, 0.1) is 6.54 Å². The summed E-state index contributed by atoms with van der Waals surface area (Å²) in [6.45, 7) is -1.15. The van der Waals surface area contributed by atoms with E-state index in [0.29, 0.717) is 5.69 Å². The van der Waals surface area contributed by atoms with Crippen LogP contribution < -0.4 is 16.0 Å². The Hall–Kier alpha value is -3.04. The van der Waals surface area contributed by atoms with Crippen LogP contribution >= 0.6 is 0 Å². The summed E-state index contributed by atoms with van der Waals surface area (Å²) < 4.78 is 38.7. The lowest BCUT2D eigenvalue weighted by Gasteiger charge is -2.13. The Morgan fingerprint density at radius 2 is 1.65 bits per heavy atom. The zero-order chi connectivity index (χ0) is 19.3. The van der Waals surface area contributed by atoms with Crippen molar-refractivity contribution in [3.05, 3.63) is 47.5 Å². The van der Waals surface area contributed by atoms with Crippen molar-refractivity contribution in [2.75, 3.05) is 19.4 Å². The summed E-state index contributed by atoms with van der Waals surface area (Å²) in [4.78, 5) is 27.6. The zero-order valence-electron chi connectivity index (χ0n) is 14.1. The third kappa shape index (κ3) is 4.98. The van der Waals surface area contributed by atoms with Crippen molar-refractivity contribution in [2.24, 2.45) is 0 Å². The van der Waals surface area contributed by atoms with Gasteiger partial charge in [0.25, 0.3) is 11.8 Å². The van der Waals surface area contributed by atoms with Crippen LogP contribution in [0.1, 0.15) is 26.5 Å². The van der Waals surface area contributed by atoms with E-state index in [4.69, 9.17) is 0 Å². The fourth-order valence-corrected chi connectivity index (χ4v) is 2.31. The lowest BCUT2D eigenvalue weighted by atomic mass is 10.1. The first-order valence-electron chi connectivity index (χ1n) is 7.63. The fraction of sp³-hybridized carbons (Fsp3) is 0.312. The van der Waals surface area contributed by atoms with Crippen LogP contribution in [0, 0.1) is 0 Å². The molecule has 0 radical (unpaired) electrons. The van der Waals surface area contributed by atoms with Gasteiger partial charge in [-0.25, -0.2) is 4.98 Å². The molecule has 10 heteroatoms. The van der Waals surface area contributed by atoms with Gasteiger partial charge in [0.2, 0.25) is 0 Å². The van der Waals surface area contributed by atoms with Gasteiger partial charge in [0, 0.05) is 43.3 Å². The Morgan fingerprint density at radius 1 is 1.08 bits per heavy atom. The Kier molecular flexibility index (Phi) is 5.86. The molecule has 0 saturated heterocycles. The molecule has 1 heterocycles. The van der Waals surface area contributed by atoms with Gasteiger partial charge in [-0.2, -0.15) is 13.2 Å². The molecule has 0 aliphatic carbocycles. The molecule has 26 heavy (non-hydrogen) atoms. The smallest absolute Gasteiger partial charge is 0.378 e. The Bertz CT molecular complexity index is 767. The van der Waals surface area contributed by atoms with E-state index in [1.165, 1.54) is 44.7 Å². The molecule has 0 aliphatic rings. The molecule has 0 spiro atoms. The quantitative estimate of drug-likeness (QED) is 0.724. The highest BCUT2D eigenvalue weighted by molar-refractivity contribution is 6.00. The second kappa shape index (κ2) is 7.89. The first-order chi connectivity index (χ1) is 12.2. The number of rotatable bonds is 6. The van der Waals surface area contributed by atoms with E-state index in [2.05, 4.69) is 20.9 Å². The summed E-state index contributed by atoms with van der Waals surface area (Å²) in [6, 6.07) is 4.43. The normalized spacial score (nSPS) is 11.1. The van der Waals surface area contributed by atoms with Crippen molar-refractivity contribution in [1.29, 1.82) is 0 Å². The van der Waals surface area contributed by atoms with Crippen LogP contribution in [0.15, 0.2) is 30.6 Å². The van der Waals surface area contributed by atoms with E-state index in [1.54, 1.807) is 0 Å². The minimum atomic E-state index is -4.36. The molecule has 0 atom stereocenters. The maximum absolute atomic E-state index is 12.6. The number of aromatic nitrogens is 2. The number of imidazole rings is 1. The SMILES string of the molecule is CNC(=O)c1cc(NCc2nccn2CC(F)(F)F)cc(C(=O)NC)c1. The van der Waals surface area contributed by atoms with Crippen LogP contribution in [-0.2, 0) is 13.1 Å². The average Bonchev–Trinajstić information content (AvgIpc) is 3.03. The van der Waals surface area contributed by atoms with E-state index < -0.39 is 24.5 Å². The van der Waals surface area contributed by atoms with E-state index in [9.17, 15) is 22.8 Å². The van der Waals surface area contributed by atoms with E-state index in [1.807, 2.05) is 0 Å². The van der Waals surface area contributed by atoms with E-state index >= 15 is 0 Å². The van der Waals surface area contributed by atoms with Gasteiger partial charge < -0.3 is 20.5 Å². The monoisotopic (exact) mass is 369 g/mol. The van der Waals surface area contributed by atoms with Crippen molar-refractivity contribution >= 4 is 17.5 Å². The highest BCUT2D eigenvalue weighted by atomic mass is 19.4. The minimum Gasteiger partial charge on any atom is -0.378 e. The highest BCUT2D eigenvalue weighted by Gasteiger charge is 2.28. The number of halogens is 3. The number of anilines is 1. The van der Waals surface area contributed by atoms with Crippen molar-refractivity contribution < 1.29 is 22.8 Å². The summed E-state index contributed by atoms with van der Waals surface area (Å²) in [5, 5.41) is 7.82. The molecular formula is C16H18F3N5O2. The number of carbonyl (C=O) groups excluding carboxylic acids is 2. The lowest BCUT2D eigenvalue weighted by Crippen LogP contribution is -2.22. The molecule has 2 aromatic rings. The molecule has 3 N–H and O–H groups in total. The molecule has 7 nitrogen and oxygen atoms in total. The van der Waals surface area contributed by atoms with Gasteiger partial charge in [-0.15, -0.1) is 0 Å². The summed E-state index contributed by atoms with van der Waals surface area (Å²) in [7, 11) is 2.91. The predicted molar refractivity (Wildman–Crippen MR) is 88.8 cm³/mol. The molecule has 140 valence electrons. The largest absolute Gasteiger partial charge is 0.406 e. The van der Waals surface area contributed by atoms with Crippen molar-refractivity contribution in [2.45, 2.75) is 19.3 Å². The van der Waals surface area contributed by atoms with Gasteiger partial charge in [-0.1, -0.05) is 0 Å². The van der Waals surface area contributed by atoms with Crippen molar-refractivity contribution in [1.82, 2.24) is 20.2 Å². The molecule has 1 aromatic carbocycles. The molecule has 1 aromatic heterocycles. The second-order valence-electron chi connectivity index (χ2n) is 5.40. The van der Waals surface area contributed by atoms with Gasteiger partial charge in [0.15, 0.2) is 0 Å². The highest BCUT2D eigenvalue weighted by Crippen LogP contribution is 2.20. The van der Waals surface area contributed by atoms with Crippen molar-refractivity contribution in [3.8, 4) is 0 Å². The topological polar surface area (TPSA) is 88.1 Å². The summed E-state index contributed by atoms with van der Waals surface area (Å²) in [5.41, 5.74) is 0.899. The van der Waals surface area contributed by atoms with E-state index in [-0.39, 0.29) is 23.5 Å². The molecule has 2 amide bonds. The Labute approximate surface area is 147 Å². The number of alkyl halides is 3. The number of benzene rings is 1. The van der Waals surface area contributed by atoms with Crippen LogP contribution in [0.25, 0.3) is 0 Å². The number of nitrogens with zero attached hydrogens (tertiary/aromatic N) is 2. The molecule has 0 saturated carbocycles. The molecule has 0 unspecified atom stereocenters. The molecule has 0 fully saturated rings. The Morgan fingerprint density at radius 3 is 2.15 bits per heavy atom. The number of amides is 2. The standard InChI is InChI=1S/C16H18F3N5O2/c1-20-14(25)10-5-11(15(26)21-2)7-12(6-10)23-8-13-22-3-4-24(13)9-16(17,18)19/h3-7,23H,8-9H2,1-2H3,(H,20,25)(H,21,26). The first kappa shape index (κ1) is 19.3. The molecular weight excluding hydrogens is 351 g/mol. The maximum Gasteiger partial charge on any atom is 0.406 e. The fourth-order valence-electron chi connectivity index (χ4n) is 2.31. The van der Waals surface area contributed by atoms with Gasteiger partial charge >= 0.3 is 6.18 Å². The van der Waals surface area contributed by atoms with E-state index in [0.717, 1.165) is 4.57 Å². The Balaban J connectivity index is 2.23. The number of hydrogen-bond donors (Lipinski definition) is 3. The zero-order valence-corrected chi connectivity index (χ0v) is 14.1. The lowest BCUT2D eigenvalue weighted by molar-refractivity contribution is -0.141. The molecule has 0 bridgehead atoms. The molecule has 0 aliphatic heterocycles. The van der Waals surface area contributed by atoms with Gasteiger partial charge in [-0.3, -0.25) is 9.59 Å². The van der Waals surface area contributed by atoms with Gasteiger partial charge in [0.1, 0.15) is 12.4 Å².